The quantitative estimate of drug-likeness (QED) is 0.270. The number of rotatable bonds is 5. The van der Waals surface area contributed by atoms with Crippen molar-refractivity contribution < 1.29 is 31.1 Å². The first-order valence-corrected chi connectivity index (χ1v) is 11.5. The zero-order valence-corrected chi connectivity index (χ0v) is 20.1. The summed E-state index contributed by atoms with van der Waals surface area (Å²) in [5, 5.41) is 0.302. The van der Waals surface area contributed by atoms with Gasteiger partial charge in [0, 0.05) is 12.6 Å². The standard InChI is InChI=1S/C27H21F6N3O2/c1-3-22(35(2)24(37)16-13-17(26(28,29)30)15-18(14-16)27(31,32)33)23-34-21-12-8-7-11-20(21)25(38)36(23)19-9-5-4-6-10-19/h4-15,22H,3H2,1-2H3. The fourth-order valence-corrected chi connectivity index (χ4v) is 4.25. The van der Waals surface area contributed by atoms with Crippen LogP contribution in [0.5, 0.6) is 0 Å². The lowest BCUT2D eigenvalue weighted by atomic mass is 10.0. The Kier molecular flexibility index (Phi) is 7.05. The Morgan fingerprint density at radius 1 is 0.895 bits per heavy atom. The number of halogens is 6. The molecule has 1 aromatic heterocycles. The smallest absolute Gasteiger partial charge is 0.332 e. The molecule has 0 N–H and O–H groups in total. The van der Waals surface area contributed by atoms with Crippen LogP contribution in [-0.4, -0.2) is 27.4 Å². The number of carbonyl (C=O) groups excluding carboxylic acids is 1. The third-order valence-electron chi connectivity index (χ3n) is 6.12. The molecule has 4 rings (SSSR count). The number of nitrogens with zero attached hydrogens (tertiary/aromatic N) is 3. The lowest BCUT2D eigenvalue weighted by Crippen LogP contribution is -2.36. The molecule has 0 aliphatic carbocycles. The fourth-order valence-electron chi connectivity index (χ4n) is 4.25. The molecular formula is C27H21F6N3O2. The molecule has 11 heteroatoms. The summed E-state index contributed by atoms with van der Waals surface area (Å²) in [6.45, 7) is 1.67. The molecule has 198 valence electrons. The number of aromatic nitrogens is 2. The summed E-state index contributed by atoms with van der Waals surface area (Å²) < 4.78 is 81.6. The van der Waals surface area contributed by atoms with Gasteiger partial charge in [0.2, 0.25) is 0 Å². The van der Waals surface area contributed by atoms with Crippen LogP contribution in [0.3, 0.4) is 0 Å². The summed E-state index contributed by atoms with van der Waals surface area (Å²) in [6, 6.07) is 14.7. The predicted molar refractivity (Wildman–Crippen MR) is 129 cm³/mol. The normalized spacial score (nSPS) is 12.9. The number of alkyl halides is 6. The van der Waals surface area contributed by atoms with Gasteiger partial charge in [0.15, 0.2) is 0 Å². The second-order valence-electron chi connectivity index (χ2n) is 8.60. The highest BCUT2D eigenvalue weighted by atomic mass is 19.4. The second-order valence-corrected chi connectivity index (χ2v) is 8.60. The Morgan fingerprint density at radius 3 is 2.00 bits per heavy atom. The number of amides is 1. The minimum Gasteiger partial charge on any atom is -0.332 e. The van der Waals surface area contributed by atoms with E-state index < -0.39 is 46.6 Å². The van der Waals surface area contributed by atoms with Gasteiger partial charge in [-0.05, 0) is 48.9 Å². The van der Waals surface area contributed by atoms with Gasteiger partial charge < -0.3 is 4.90 Å². The van der Waals surface area contributed by atoms with Crippen molar-refractivity contribution in [2.24, 2.45) is 0 Å². The highest BCUT2D eigenvalue weighted by molar-refractivity contribution is 5.95. The Hall–Kier alpha value is -4.15. The number of benzene rings is 3. The molecule has 0 spiro atoms. The molecule has 1 heterocycles. The van der Waals surface area contributed by atoms with Gasteiger partial charge in [0.05, 0.1) is 33.8 Å². The van der Waals surface area contributed by atoms with Crippen LogP contribution in [0.2, 0.25) is 0 Å². The molecule has 0 fully saturated rings. The minimum atomic E-state index is -5.10. The largest absolute Gasteiger partial charge is 0.416 e. The van der Waals surface area contributed by atoms with Gasteiger partial charge in [0.25, 0.3) is 11.5 Å². The van der Waals surface area contributed by atoms with Gasteiger partial charge >= 0.3 is 12.4 Å². The molecule has 1 unspecified atom stereocenters. The first-order chi connectivity index (χ1) is 17.8. The van der Waals surface area contributed by atoms with E-state index in [2.05, 4.69) is 4.98 Å². The zero-order valence-electron chi connectivity index (χ0n) is 20.1. The van der Waals surface area contributed by atoms with E-state index in [9.17, 15) is 35.9 Å². The van der Waals surface area contributed by atoms with Gasteiger partial charge in [-0.1, -0.05) is 37.3 Å². The van der Waals surface area contributed by atoms with Gasteiger partial charge in [-0.15, -0.1) is 0 Å². The van der Waals surface area contributed by atoms with Crippen LogP contribution < -0.4 is 5.56 Å². The summed E-state index contributed by atoms with van der Waals surface area (Å²) in [5.41, 5.74) is -3.65. The summed E-state index contributed by atoms with van der Waals surface area (Å²) in [6.07, 6.45) is -10.1. The van der Waals surface area contributed by atoms with Gasteiger partial charge in [0.1, 0.15) is 5.82 Å². The van der Waals surface area contributed by atoms with Crippen LogP contribution >= 0.6 is 0 Å². The average molecular weight is 533 g/mol. The molecule has 4 aromatic rings. The molecule has 0 saturated carbocycles. The third kappa shape index (κ3) is 5.13. The highest BCUT2D eigenvalue weighted by Crippen LogP contribution is 2.37. The summed E-state index contributed by atoms with van der Waals surface area (Å²) >= 11 is 0. The van der Waals surface area contributed by atoms with Crippen LogP contribution in [-0.2, 0) is 12.4 Å². The lowest BCUT2D eigenvalue weighted by Gasteiger charge is -2.29. The summed E-state index contributed by atoms with van der Waals surface area (Å²) in [7, 11) is 1.25. The highest BCUT2D eigenvalue weighted by Gasteiger charge is 2.38. The fraction of sp³-hybridized carbons (Fsp3) is 0.222. The van der Waals surface area contributed by atoms with Crippen molar-refractivity contribution in [2.75, 3.05) is 7.05 Å². The van der Waals surface area contributed by atoms with E-state index in [-0.39, 0.29) is 18.3 Å². The van der Waals surface area contributed by atoms with Crippen molar-refractivity contribution in [3.05, 3.63) is 106 Å². The van der Waals surface area contributed by atoms with Crippen LogP contribution in [0.25, 0.3) is 16.6 Å². The van der Waals surface area contributed by atoms with Crippen molar-refractivity contribution in [3.63, 3.8) is 0 Å². The van der Waals surface area contributed by atoms with Crippen molar-refractivity contribution in [2.45, 2.75) is 31.7 Å². The molecule has 0 aliphatic heterocycles. The SMILES string of the molecule is CCC(c1nc2ccccc2c(=O)n1-c1ccccc1)N(C)C(=O)c1cc(C(F)(F)F)cc(C(F)(F)F)c1. The summed E-state index contributed by atoms with van der Waals surface area (Å²) in [4.78, 5) is 32.5. The molecule has 3 aromatic carbocycles. The van der Waals surface area contributed by atoms with Crippen LogP contribution in [0, 0.1) is 0 Å². The number of carbonyl (C=O) groups is 1. The van der Waals surface area contributed by atoms with E-state index >= 15 is 0 Å². The van der Waals surface area contributed by atoms with E-state index in [1.165, 1.54) is 11.6 Å². The van der Waals surface area contributed by atoms with E-state index in [1.54, 1.807) is 61.5 Å². The molecule has 0 aliphatic rings. The molecule has 5 nitrogen and oxygen atoms in total. The maximum absolute atomic E-state index is 13.5. The third-order valence-corrected chi connectivity index (χ3v) is 6.12. The molecular weight excluding hydrogens is 512 g/mol. The molecule has 0 radical (unpaired) electrons. The van der Waals surface area contributed by atoms with Crippen molar-refractivity contribution >= 4 is 16.8 Å². The first kappa shape index (κ1) is 26.9. The van der Waals surface area contributed by atoms with E-state index in [1.807, 2.05) is 0 Å². The molecule has 0 saturated heterocycles. The number of fused-ring (bicyclic) bond motifs is 1. The number of para-hydroxylation sites is 2. The van der Waals surface area contributed by atoms with Gasteiger partial charge in [-0.25, -0.2) is 4.98 Å². The Labute approximate surface area is 213 Å². The number of hydrogen-bond donors (Lipinski definition) is 0. The molecule has 0 bridgehead atoms. The second kappa shape index (κ2) is 9.96. The molecule has 1 amide bonds. The Balaban J connectivity index is 1.89. The van der Waals surface area contributed by atoms with Gasteiger partial charge in [-0.3, -0.25) is 14.2 Å². The van der Waals surface area contributed by atoms with Crippen LogP contribution in [0.4, 0.5) is 26.3 Å². The molecule has 1 atom stereocenters. The maximum Gasteiger partial charge on any atom is 0.416 e. The Bertz CT molecular complexity index is 1510. The van der Waals surface area contributed by atoms with Crippen molar-refractivity contribution in [1.29, 1.82) is 0 Å². The average Bonchev–Trinajstić information content (AvgIpc) is 2.88. The topological polar surface area (TPSA) is 55.2 Å². The summed E-state index contributed by atoms with van der Waals surface area (Å²) in [5.74, 6) is -0.975. The monoisotopic (exact) mass is 533 g/mol. The number of hydrogen-bond acceptors (Lipinski definition) is 3. The van der Waals surface area contributed by atoms with Crippen LogP contribution in [0.15, 0.2) is 77.6 Å². The lowest BCUT2D eigenvalue weighted by molar-refractivity contribution is -0.143. The van der Waals surface area contributed by atoms with Crippen LogP contribution in [0.1, 0.15) is 46.7 Å². The van der Waals surface area contributed by atoms with Gasteiger partial charge in [-0.2, -0.15) is 26.3 Å². The maximum atomic E-state index is 13.5. The predicted octanol–water partition coefficient (Wildman–Crippen LogP) is 6.65. The zero-order chi connectivity index (χ0) is 27.8. The minimum absolute atomic E-state index is 0.0357. The Morgan fingerprint density at radius 2 is 1.45 bits per heavy atom. The van der Waals surface area contributed by atoms with Crippen molar-refractivity contribution in [3.8, 4) is 5.69 Å². The van der Waals surface area contributed by atoms with E-state index in [4.69, 9.17) is 0 Å². The van der Waals surface area contributed by atoms with E-state index in [0.29, 0.717) is 28.7 Å². The molecule has 38 heavy (non-hydrogen) atoms. The van der Waals surface area contributed by atoms with Crippen molar-refractivity contribution in [1.82, 2.24) is 14.5 Å². The van der Waals surface area contributed by atoms with E-state index in [0.717, 1.165) is 4.90 Å². The first-order valence-electron chi connectivity index (χ1n) is 11.5.